The SMILES string of the molecule is CC(C)[C@H]1NC(=O)C2(CCCC2)NC(=O)C[C@@H](C(=O)NCc2ccc(CN3CCCC3=O)cc2)NC(=O)c2ccccc2OC[C@H](C)NC1=O. The summed E-state index contributed by atoms with van der Waals surface area (Å²) in [6, 6.07) is 11.5. The molecule has 3 aliphatic rings. The van der Waals surface area contributed by atoms with Gasteiger partial charge in [-0.05, 0) is 55.4 Å². The van der Waals surface area contributed by atoms with Crippen LogP contribution in [-0.2, 0) is 37.1 Å². The van der Waals surface area contributed by atoms with Gasteiger partial charge in [0.15, 0.2) is 0 Å². The van der Waals surface area contributed by atoms with Gasteiger partial charge in [0.2, 0.25) is 29.5 Å². The molecule has 13 heteroatoms. The summed E-state index contributed by atoms with van der Waals surface area (Å²) < 4.78 is 5.95. The molecule has 0 aromatic heterocycles. The summed E-state index contributed by atoms with van der Waals surface area (Å²) >= 11 is 0. The smallest absolute Gasteiger partial charge is 0.255 e. The molecular weight excluding hydrogens is 640 g/mol. The van der Waals surface area contributed by atoms with Gasteiger partial charge in [0.1, 0.15) is 30.0 Å². The van der Waals surface area contributed by atoms with Crippen LogP contribution in [0.25, 0.3) is 0 Å². The Hall–Kier alpha value is -4.94. The van der Waals surface area contributed by atoms with Gasteiger partial charge < -0.3 is 36.2 Å². The molecule has 13 nitrogen and oxygen atoms in total. The molecule has 2 aromatic rings. The van der Waals surface area contributed by atoms with E-state index in [0.717, 1.165) is 24.1 Å². The van der Waals surface area contributed by atoms with Crippen molar-refractivity contribution in [3.63, 3.8) is 0 Å². The number of carbonyl (C=O) groups excluding carboxylic acids is 6. The molecule has 1 aliphatic carbocycles. The van der Waals surface area contributed by atoms with E-state index in [0.29, 0.717) is 38.6 Å². The minimum atomic E-state index is -1.28. The van der Waals surface area contributed by atoms with E-state index >= 15 is 0 Å². The number of nitrogens with zero attached hydrogens (tertiary/aromatic N) is 1. The lowest BCUT2D eigenvalue weighted by Gasteiger charge is -2.33. The number of nitrogens with one attached hydrogen (secondary N) is 5. The van der Waals surface area contributed by atoms with E-state index in [1.54, 1.807) is 31.2 Å². The van der Waals surface area contributed by atoms with Crippen LogP contribution in [0.1, 0.15) is 87.2 Å². The largest absolute Gasteiger partial charge is 0.491 e. The zero-order chi connectivity index (χ0) is 35.8. The van der Waals surface area contributed by atoms with Crippen molar-refractivity contribution in [3.8, 4) is 5.75 Å². The molecule has 3 atom stereocenters. The molecule has 50 heavy (non-hydrogen) atoms. The summed E-state index contributed by atoms with van der Waals surface area (Å²) in [6.45, 7) is 6.87. The Bertz CT molecular complexity index is 1590. The van der Waals surface area contributed by atoms with Crippen molar-refractivity contribution in [2.24, 2.45) is 5.92 Å². The fourth-order valence-electron chi connectivity index (χ4n) is 6.69. The number of carbonyl (C=O) groups is 6. The van der Waals surface area contributed by atoms with E-state index in [1.165, 1.54) is 0 Å². The highest BCUT2D eigenvalue weighted by Gasteiger charge is 2.44. The van der Waals surface area contributed by atoms with Gasteiger partial charge in [0.25, 0.3) is 5.91 Å². The monoisotopic (exact) mass is 688 g/mol. The second-order valence-electron chi connectivity index (χ2n) is 13.9. The number of fused-ring (bicyclic) bond motifs is 1. The fourth-order valence-corrected chi connectivity index (χ4v) is 6.69. The number of hydrogen-bond acceptors (Lipinski definition) is 7. The molecule has 1 saturated carbocycles. The van der Waals surface area contributed by atoms with E-state index in [9.17, 15) is 28.8 Å². The van der Waals surface area contributed by atoms with Crippen molar-refractivity contribution in [2.45, 2.75) is 102 Å². The van der Waals surface area contributed by atoms with Crippen molar-refractivity contribution in [3.05, 3.63) is 65.2 Å². The Morgan fingerprint density at radius 1 is 0.940 bits per heavy atom. The molecule has 5 N–H and O–H groups in total. The van der Waals surface area contributed by atoms with Gasteiger partial charge in [0, 0.05) is 26.1 Å². The van der Waals surface area contributed by atoms with Gasteiger partial charge in [-0.25, -0.2) is 0 Å². The molecule has 6 amide bonds. The summed E-state index contributed by atoms with van der Waals surface area (Å²) in [5.74, 6) is -2.48. The number of para-hydroxylation sites is 1. The van der Waals surface area contributed by atoms with Crippen molar-refractivity contribution in [2.75, 3.05) is 13.2 Å². The zero-order valence-electron chi connectivity index (χ0n) is 29.0. The summed E-state index contributed by atoms with van der Waals surface area (Å²) in [7, 11) is 0. The first-order chi connectivity index (χ1) is 23.9. The Morgan fingerprint density at radius 3 is 2.32 bits per heavy atom. The Morgan fingerprint density at radius 2 is 1.64 bits per heavy atom. The van der Waals surface area contributed by atoms with Crippen molar-refractivity contribution in [1.82, 2.24) is 31.5 Å². The molecule has 2 aliphatic heterocycles. The van der Waals surface area contributed by atoms with Gasteiger partial charge >= 0.3 is 0 Å². The van der Waals surface area contributed by atoms with Gasteiger partial charge in [-0.3, -0.25) is 28.8 Å². The van der Waals surface area contributed by atoms with E-state index < -0.39 is 53.7 Å². The Balaban J connectivity index is 1.36. The number of amides is 6. The normalized spacial score (nSPS) is 23.3. The lowest BCUT2D eigenvalue weighted by atomic mass is 9.93. The first-order valence-electron chi connectivity index (χ1n) is 17.5. The predicted octanol–water partition coefficient (Wildman–Crippen LogP) is 2.08. The maximum absolute atomic E-state index is 13.8. The van der Waals surface area contributed by atoms with Gasteiger partial charge in [-0.1, -0.05) is 63.1 Å². The highest BCUT2D eigenvalue weighted by molar-refractivity contribution is 6.01. The van der Waals surface area contributed by atoms with E-state index in [4.69, 9.17) is 4.74 Å². The van der Waals surface area contributed by atoms with Gasteiger partial charge in [0.05, 0.1) is 18.0 Å². The third-order valence-electron chi connectivity index (χ3n) is 9.56. The first-order valence-corrected chi connectivity index (χ1v) is 17.5. The topological polar surface area (TPSA) is 175 Å². The average Bonchev–Trinajstić information content (AvgIpc) is 3.73. The van der Waals surface area contributed by atoms with Crippen LogP contribution in [0.2, 0.25) is 0 Å². The maximum atomic E-state index is 13.8. The third kappa shape index (κ3) is 8.99. The summed E-state index contributed by atoms with van der Waals surface area (Å²) in [6.07, 6.45) is 3.16. The first kappa shape index (κ1) is 36.3. The van der Waals surface area contributed by atoms with Crippen molar-refractivity contribution in [1.29, 1.82) is 0 Å². The molecule has 2 fully saturated rings. The number of hydrogen-bond donors (Lipinski definition) is 5. The molecule has 1 saturated heterocycles. The molecular formula is C37H48N6O7. The summed E-state index contributed by atoms with van der Waals surface area (Å²) in [5.41, 5.74) is 0.677. The van der Waals surface area contributed by atoms with Crippen LogP contribution in [0.5, 0.6) is 5.75 Å². The Labute approximate surface area is 292 Å². The van der Waals surface area contributed by atoms with Crippen LogP contribution in [-0.4, -0.2) is 77.2 Å². The number of rotatable bonds is 6. The summed E-state index contributed by atoms with van der Waals surface area (Å²) in [4.78, 5) is 81.9. The number of benzene rings is 2. The van der Waals surface area contributed by atoms with Gasteiger partial charge in [-0.15, -0.1) is 0 Å². The highest BCUT2D eigenvalue weighted by atomic mass is 16.5. The van der Waals surface area contributed by atoms with Gasteiger partial charge in [-0.2, -0.15) is 0 Å². The zero-order valence-corrected chi connectivity index (χ0v) is 29.0. The van der Waals surface area contributed by atoms with Crippen LogP contribution in [0.15, 0.2) is 48.5 Å². The van der Waals surface area contributed by atoms with Crippen LogP contribution in [0, 0.1) is 5.92 Å². The summed E-state index contributed by atoms with van der Waals surface area (Å²) in [5, 5.41) is 14.2. The quantitative estimate of drug-likeness (QED) is 0.309. The standard InChI is InChI=1S/C37H48N6O7/c1-23(2)32-35(48)39-24(3)22-50-29-10-5-4-9-27(29)33(46)40-28(19-30(44)42-37(36(49)41-32)16-6-7-17-37)34(47)38-20-25-12-14-26(15-13-25)21-43-18-8-11-31(43)45/h4-5,9-10,12-15,23-24,28,32H,6-8,11,16-22H2,1-3H3,(H,38,47)(H,39,48)(H,40,46)(H,41,49)(H,42,44)/t24-,28-,32+/m0/s1. The molecule has 268 valence electrons. The number of likely N-dealkylation sites (tertiary alicyclic amines) is 1. The average molecular weight is 689 g/mol. The van der Waals surface area contributed by atoms with Crippen LogP contribution in [0.4, 0.5) is 0 Å². The van der Waals surface area contributed by atoms with E-state index in [-0.39, 0.29) is 42.2 Å². The Kier molecular flexibility index (Phi) is 11.8. The van der Waals surface area contributed by atoms with Crippen LogP contribution < -0.4 is 31.3 Å². The molecule has 0 radical (unpaired) electrons. The molecule has 2 heterocycles. The third-order valence-corrected chi connectivity index (χ3v) is 9.56. The van der Waals surface area contributed by atoms with Crippen LogP contribution in [0.3, 0.4) is 0 Å². The minimum Gasteiger partial charge on any atom is -0.491 e. The second-order valence-corrected chi connectivity index (χ2v) is 13.9. The lowest BCUT2D eigenvalue weighted by molar-refractivity contribution is -0.137. The fraction of sp³-hybridized carbons (Fsp3) is 0.514. The maximum Gasteiger partial charge on any atom is 0.255 e. The molecule has 1 spiro atoms. The van der Waals surface area contributed by atoms with Crippen molar-refractivity contribution >= 4 is 35.4 Å². The number of ether oxygens (including phenoxy) is 1. The molecule has 0 bridgehead atoms. The van der Waals surface area contributed by atoms with Crippen molar-refractivity contribution < 1.29 is 33.5 Å². The minimum absolute atomic E-state index is 0.0375. The van der Waals surface area contributed by atoms with E-state index in [2.05, 4.69) is 26.6 Å². The van der Waals surface area contributed by atoms with Crippen LogP contribution >= 0.6 is 0 Å². The predicted molar refractivity (Wildman–Crippen MR) is 184 cm³/mol. The molecule has 2 aromatic carbocycles. The molecule has 5 rings (SSSR count). The highest BCUT2D eigenvalue weighted by Crippen LogP contribution is 2.31. The van der Waals surface area contributed by atoms with E-state index in [1.807, 2.05) is 43.0 Å². The molecule has 0 unspecified atom stereocenters. The lowest BCUT2D eigenvalue weighted by Crippen LogP contribution is -2.62. The second kappa shape index (κ2) is 16.2.